The van der Waals surface area contributed by atoms with Crippen molar-refractivity contribution in [2.45, 2.75) is 0 Å². The van der Waals surface area contributed by atoms with Gasteiger partial charge >= 0.3 is 5.97 Å². The Morgan fingerprint density at radius 2 is 1.84 bits per heavy atom. The van der Waals surface area contributed by atoms with E-state index in [1.54, 1.807) is 6.07 Å². The van der Waals surface area contributed by atoms with E-state index < -0.39 is 22.8 Å². The van der Waals surface area contributed by atoms with E-state index in [0.29, 0.717) is 17.0 Å². The van der Waals surface area contributed by atoms with Crippen molar-refractivity contribution >= 4 is 16.9 Å². The van der Waals surface area contributed by atoms with Crippen molar-refractivity contribution in [3.8, 4) is 22.9 Å². The Bertz CT molecular complexity index is 1040. The van der Waals surface area contributed by atoms with Gasteiger partial charge in [0.15, 0.2) is 11.5 Å². The minimum Gasteiger partial charge on any atom is -0.872 e. The van der Waals surface area contributed by atoms with Crippen LogP contribution in [0.25, 0.3) is 16.6 Å². The first-order valence-electron chi connectivity index (χ1n) is 7.14. The van der Waals surface area contributed by atoms with Gasteiger partial charge in [-0.15, -0.1) is 0 Å². The number of hydrogen-bond donors (Lipinski definition) is 1. The van der Waals surface area contributed by atoms with Crippen LogP contribution in [-0.4, -0.2) is 34.8 Å². The number of carboxylic acid groups (broad SMARTS) is 1. The lowest BCUT2D eigenvalue weighted by Gasteiger charge is -2.14. The average molecular weight is 341 g/mol. The van der Waals surface area contributed by atoms with Crippen LogP contribution in [0.1, 0.15) is 10.4 Å². The third-order valence-electron chi connectivity index (χ3n) is 3.74. The summed E-state index contributed by atoms with van der Waals surface area (Å²) in [5.41, 5.74) is -0.221. The first-order chi connectivity index (χ1) is 12.0. The average Bonchev–Trinajstić information content (AvgIpc) is 2.61. The number of nitrogens with zero attached hydrogens (tertiary/aromatic N) is 2. The first-order valence-corrected chi connectivity index (χ1v) is 7.14. The van der Waals surface area contributed by atoms with Gasteiger partial charge in [0, 0.05) is 6.07 Å². The predicted molar refractivity (Wildman–Crippen MR) is 86.8 cm³/mol. The van der Waals surface area contributed by atoms with Crippen molar-refractivity contribution in [3.63, 3.8) is 0 Å². The zero-order valence-electron chi connectivity index (χ0n) is 13.3. The van der Waals surface area contributed by atoms with E-state index in [1.807, 2.05) is 0 Å². The molecule has 0 aliphatic rings. The fourth-order valence-electron chi connectivity index (χ4n) is 2.47. The molecule has 1 N–H and O–H groups in total. The van der Waals surface area contributed by atoms with Gasteiger partial charge in [0.05, 0.1) is 36.4 Å². The van der Waals surface area contributed by atoms with Crippen LogP contribution in [0.4, 0.5) is 0 Å². The fraction of sp³-hybridized carbons (Fsp3) is 0.118. The van der Waals surface area contributed by atoms with Gasteiger partial charge in [-0.1, -0.05) is 11.8 Å². The SMILES string of the molecule is COc1cc2ncn(-c3ccc([O-])c(C(=O)O)c3)c(=O)c2cc1OC. The smallest absolute Gasteiger partial charge is 0.335 e. The molecule has 0 saturated heterocycles. The van der Waals surface area contributed by atoms with Gasteiger partial charge in [-0.2, -0.15) is 0 Å². The largest absolute Gasteiger partial charge is 0.872 e. The third kappa shape index (κ3) is 2.74. The number of benzene rings is 2. The van der Waals surface area contributed by atoms with Crippen molar-refractivity contribution in [3.05, 3.63) is 52.6 Å². The van der Waals surface area contributed by atoms with Gasteiger partial charge in [-0.3, -0.25) is 9.36 Å². The lowest BCUT2D eigenvalue weighted by Crippen LogP contribution is -2.19. The molecule has 0 atom stereocenters. The summed E-state index contributed by atoms with van der Waals surface area (Å²) < 4.78 is 11.5. The van der Waals surface area contributed by atoms with E-state index in [-0.39, 0.29) is 11.1 Å². The Kier molecular flexibility index (Phi) is 4.02. The summed E-state index contributed by atoms with van der Waals surface area (Å²) >= 11 is 0. The molecule has 3 aromatic rings. The van der Waals surface area contributed by atoms with E-state index in [0.717, 1.165) is 12.1 Å². The summed E-state index contributed by atoms with van der Waals surface area (Å²) in [6.45, 7) is 0. The Morgan fingerprint density at radius 1 is 1.16 bits per heavy atom. The number of ether oxygens (including phenoxy) is 2. The summed E-state index contributed by atoms with van der Waals surface area (Å²) in [4.78, 5) is 28.1. The molecule has 25 heavy (non-hydrogen) atoms. The maximum Gasteiger partial charge on any atom is 0.335 e. The predicted octanol–water partition coefficient (Wildman–Crippen LogP) is 1.17. The van der Waals surface area contributed by atoms with E-state index in [9.17, 15) is 14.7 Å². The molecule has 8 heteroatoms. The lowest BCUT2D eigenvalue weighted by molar-refractivity contribution is -0.268. The third-order valence-corrected chi connectivity index (χ3v) is 3.74. The Balaban J connectivity index is 2.25. The van der Waals surface area contributed by atoms with Crippen LogP contribution in [0, 0.1) is 0 Å². The molecule has 0 radical (unpaired) electrons. The molecular weight excluding hydrogens is 328 g/mol. The molecule has 128 valence electrons. The van der Waals surface area contributed by atoms with Crippen LogP contribution < -0.4 is 20.1 Å². The molecule has 0 unspecified atom stereocenters. The van der Waals surface area contributed by atoms with Crippen LogP contribution in [0.5, 0.6) is 17.2 Å². The van der Waals surface area contributed by atoms with Crippen molar-refractivity contribution in [2.75, 3.05) is 14.2 Å². The van der Waals surface area contributed by atoms with E-state index in [4.69, 9.17) is 14.6 Å². The van der Waals surface area contributed by atoms with E-state index in [2.05, 4.69) is 4.98 Å². The van der Waals surface area contributed by atoms with Gasteiger partial charge in [0.2, 0.25) is 0 Å². The van der Waals surface area contributed by atoms with Crippen LogP contribution in [0.3, 0.4) is 0 Å². The number of rotatable bonds is 4. The number of methoxy groups -OCH3 is 2. The number of aromatic carboxylic acids is 1. The number of fused-ring (bicyclic) bond motifs is 1. The second-order valence-electron chi connectivity index (χ2n) is 5.13. The molecule has 1 heterocycles. The van der Waals surface area contributed by atoms with E-state index in [1.165, 1.54) is 37.2 Å². The van der Waals surface area contributed by atoms with Crippen molar-refractivity contribution in [1.82, 2.24) is 9.55 Å². The normalized spacial score (nSPS) is 10.6. The fourth-order valence-corrected chi connectivity index (χ4v) is 2.47. The number of hydrogen-bond acceptors (Lipinski definition) is 6. The van der Waals surface area contributed by atoms with Gasteiger partial charge < -0.3 is 19.7 Å². The van der Waals surface area contributed by atoms with Crippen LogP contribution in [0.15, 0.2) is 41.5 Å². The molecule has 0 spiro atoms. The Hall–Kier alpha value is -3.55. The summed E-state index contributed by atoms with van der Waals surface area (Å²) in [6.07, 6.45) is 1.27. The molecular formula is C17H13N2O6-. The van der Waals surface area contributed by atoms with Gasteiger partial charge in [-0.05, 0) is 18.2 Å². The molecule has 0 amide bonds. The number of carbonyl (C=O) groups is 1. The highest BCUT2D eigenvalue weighted by Gasteiger charge is 2.13. The van der Waals surface area contributed by atoms with Crippen LogP contribution in [0.2, 0.25) is 0 Å². The maximum atomic E-state index is 12.8. The Morgan fingerprint density at radius 3 is 2.48 bits per heavy atom. The van der Waals surface area contributed by atoms with Crippen molar-refractivity contribution in [1.29, 1.82) is 0 Å². The summed E-state index contributed by atoms with van der Waals surface area (Å²) in [7, 11) is 2.92. The maximum absolute atomic E-state index is 12.8. The quantitative estimate of drug-likeness (QED) is 0.758. The van der Waals surface area contributed by atoms with Crippen LogP contribution in [-0.2, 0) is 0 Å². The monoisotopic (exact) mass is 341 g/mol. The van der Waals surface area contributed by atoms with Crippen molar-refractivity contribution in [2.24, 2.45) is 0 Å². The number of aromatic nitrogens is 2. The topological polar surface area (TPSA) is 114 Å². The highest BCUT2D eigenvalue weighted by atomic mass is 16.5. The highest BCUT2D eigenvalue weighted by Crippen LogP contribution is 2.30. The molecule has 0 fully saturated rings. The summed E-state index contributed by atoms with van der Waals surface area (Å²) in [6, 6.07) is 6.68. The number of carboxylic acids is 1. The zero-order valence-corrected chi connectivity index (χ0v) is 13.3. The van der Waals surface area contributed by atoms with Gasteiger partial charge in [-0.25, -0.2) is 9.78 Å². The minimum absolute atomic E-state index is 0.228. The summed E-state index contributed by atoms with van der Waals surface area (Å²) in [5.74, 6) is -1.19. The minimum atomic E-state index is -1.36. The lowest BCUT2D eigenvalue weighted by atomic mass is 10.1. The molecule has 3 rings (SSSR count). The Labute approximate surface area is 141 Å². The summed E-state index contributed by atoms with van der Waals surface area (Å²) in [5, 5.41) is 20.9. The van der Waals surface area contributed by atoms with Crippen LogP contribution >= 0.6 is 0 Å². The van der Waals surface area contributed by atoms with Gasteiger partial charge in [0.25, 0.3) is 5.56 Å². The highest BCUT2D eigenvalue weighted by molar-refractivity contribution is 5.91. The molecule has 0 saturated carbocycles. The second-order valence-corrected chi connectivity index (χ2v) is 5.13. The molecule has 1 aromatic heterocycles. The first kappa shape index (κ1) is 16.3. The van der Waals surface area contributed by atoms with Crippen molar-refractivity contribution < 1.29 is 24.5 Å². The van der Waals surface area contributed by atoms with E-state index >= 15 is 0 Å². The van der Waals surface area contributed by atoms with Gasteiger partial charge in [0.1, 0.15) is 6.33 Å². The molecule has 0 aliphatic carbocycles. The molecule has 2 aromatic carbocycles. The molecule has 8 nitrogen and oxygen atoms in total. The second kappa shape index (κ2) is 6.16. The molecule has 0 aliphatic heterocycles. The zero-order chi connectivity index (χ0) is 18.1. The standard InChI is InChI=1S/C17H14N2O6/c1-24-14-6-10-12(7-15(14)25-2)18-8-19(16(10)21)9-3-4-13(20)11(5-9)17(22)23/h3-8,20H,1-2H3,(H,22,23)/p-1. The molecule has 0 bridgehead atoms.